The van der Waals surface area contributed by atoms with Gasteiger partial charge in [0.1, 0.15) is 12.4 Å². The Labute approximate surface area is 193 Å². The van der Waals surface area contributed by atoms with Gasteiger partial charge in [0.05, 0.1) is 11.4 Å². The molecule has 3 amide bonds. The second-order valence-corrected chi connectivity index (χ2v) is 7.84. The normalized spacial score (nSPS) is 13.2. The summed E-state index contributed by atoms with van der Waals surface area (Å²) in [4.78, 5) is 26.7. The molecule has 1 fully saturated rings. The minimum Gasteiger partial charge on any atom is -0.489 e. The Bertz CT molecular complexity index is 1120. The zero-order valence-electron chi connectivity index (χ0n) is 18.4. The molecule has 1 heterocycles. The molecule has 0 aromatic heterocycles. The van der Waals surface area contributed by atoms with E-state index in [2.05, 4.69) is 10.6 Å². The van der Waals surface area contributed by atoms with Gasteiger partial charge in [0, 0.05) is 19.2 Å². The van der Waals surface area contributed by atoms with Crippen LogP contribution in [0.1, 0.15) is 24.0 Å². The van der Waals surface area contributed by atoms with E-state index in [0.717, 1.165) is 42.8 Å². The first-order valence-corrected chi connectivity index (χ1v) is 11.1. The lowest BCUT2D eigenvalue weighted by Crippen LogP contribution is -2.32. The molecule has 33 heavy (non-hydrogen) atoms. The largest absolute Gasteiger partial charge is 0.489 e. The highest BCUT2D eigenvalue weighted by Gasteiger charge is 2.18. The van der Waals surface area contributed by atoms with Crippen molar-refractivity contribution in [1.29, 1.82) is 0 Å². The molecule has 0 unspecified atom stereocenters. The highest BCUT2D eigenvalue weighted by Crippen LogP contribution is 2.22. The number of rotatable bonds is 7. The number of hydrogen-bond acceptors (Lipinski definition) is 3. The first kappa shape index (κ1) is 22.1. The van der Waals surface area contributed by atoms with Gasteiger partial charge in [0.25, 0.3) is 0 Å². The molecule has 1 aliphatic rings. The molecule has 0 bridgehead atoms. The van der Waals surface area contributed by atoms with Crippen molar-refractivity contribution >= 4 is 29.4 Å². The molecule has 168 valence electrons. The fourth-order valence-corrected chi connectivity index (χ4v) is 3.61. The molecule has 0 aliphatic carbocycles. The van der Waals surface area contributed by atoms with Gasteiger partial charge in [-0.15, -0.1) is 0 Å². The molecule has 3 aromatic rings. The lowest BCUT2D eigenvalue weighted by molar-refractivity contribution is -0.111. The molecule has 0 spiro atoms. The van der Waals surface area contributed by atoms with E-state index in [1.165, 1.54) is 6.08 Å². The molecule has 0 radical (unpaired) electrons. The van der Waals surface area contributed by atoms with Crippen LogP contribution >= 0.6 is 0 Å². The van der Waals surface area contributed by atoms with Crippen LogP contribution in [0.2, 0.25) is 0 Å². The van der Waals surface area contributed by atoms with Gasteiger partial charge in [-0.3, -0.25) is 4.79 Å². The van der Waals surface area contributed by atoms with Crippen LogP contribution < -0.4 is 15.4 Å². The molecular formula is C27H27N3O3. The van der Waals surface area contributed by atoms with Crippen LogP contribution in [-0.2, 0) is 11.4 Å². The average Bonchev–Trinajstić information content (AvgIpc) is 3.39. The number of carbonyl (C=O) groups excluding carboxylic acids is 2. The molecule has 3 aromatic carbocycles. The molecule has 2 N–H and O–H groups in total. The van der Waals surface area contributed by atoms with Crippen LogP contribution in [0.4, 0.5) is 16.2 Å². The molecule has 6 heteroatoms. The zero-order valence-corrected chi connectivity index (χ0v) is 18.4. The van der Waals surface area contributed by atoms with Crippen molar-refractivity contribution in [3.05, 3.63) is 96.1 Å². The van der Waals surface area contributed by atoms with Crippen molar-refractivity contribution in [2.75, 3.05) is 23.7 Å². The summed E-state index contributed by atoms with van der Waals surface area (Å²) >= 11 is 0. The summed E-state index contributed by atoms with van der Waals surface area (Å²) in [7, 11) is 0. The standard InChI is InChI=1S/C27H27N3O3/c31-26(28-24-13-4-5-14-25(24)29-27(32)30-17-6-7-18-30)16-15-21-11-8-12-23(19-21)33-20-22-9-2-1-3-10-22/h1-5,8-16,19H,6-7,17-18,20H2,(H,28,31)(H,29,32). The van der Waals surface area contributed by atoms with E-state index in [0.29, 0.717) is 18.0 Å². The maximum absolute atomic E-state index is 12.5. The Hall–Kier alpha value is -4.06. The van der Waals surface area contributed by atoms with Crippen LogP contribution in [0.5, 0.6) is 5.75 Å². The predicted octanol–water partition coefficient (Wildman–Crippen LogP) is 5.55. The lowest BCUT2D eigenvalue weighted by Gasteiger charge is -2.18. The summed E-state index contributed by atoms with van der Waals surface area (Å²) < 4.78 is 5.85. The third kappa shape index (κ3) is 6.46. The topological polar surface area (TPSA) is 70.7 Å². The summed E-state index contributed by atoms with van der Waals surface area (Å²) in [6, 6.07) is 24.6. The number of nitrogens with one attached hydrogen (secondary N) is 2. The number of anilines is 2. The number of carbonyl (C=O) groups is 2. The lowest BCUT2D eigenvalue weighted by atomic mass is 10.2. The summed E-state index contributed by atoms with van der Waals surface area (Å²) in [6.07, 6.45) is 5.25. The van der Waals surface area contributed by atoms with Gasteiger partial charge in [-0.25, -0.2) is 4.79 Å². The van der Waals surface area contributed by atoms with Crippen molar-refractivity contribution in [2.24, 2.45) is 0 Å². The van der Waals surface area contributed by atoms with Crippen LogP contribution in [0.15, 0.2) is 84.9 Å². The number of benzene rings is 3. The van der Waals surface area contributed by atoms with Crippen molar-refractivity contribution in [3.8, 4) is 5.75 Å². The van der Waals surface area contributed by atoms with E-state index >= 15 is 0 Å². The zero-order chi connectivity index (χ0) is 22.9. The fraction of sp³-hybridized carbons (Fsp3) is 0.185. The van der Waals surface area contributed by atoms with E-state index in [4.69, 9.17) is 4.74 Å². The Morgan fingerprint density at radius 2 is 1.55 bits per heavy atom. The Kier molecular flexibility index (Phi) is 7.38. The van der Waals surface area contributed by atoms with Crippen molar-refractivity contribution in [3.63, 3.8) is 0 Å². The number of hydrogen-bond donors (Lipinski definition) is 2. The highest BCUT2D eigenvalue weighted by molar-refractivity contribution is 6.05. The minimum absolute atomic E-state index is 0.142. The third-order valence-corrected chi connectivity index (χ3v) is 5.35. The number of likely N-dealkylation sites (tertiary alicyclic amines) is 1. The number of urea groups is 1. The van der Waals surface area contributed by atoms with Crippen LogP contribution in [0, 0.1) is 0 Å². The highest BCUT2D eigenvalue weighted by atomic mass is 16.5. The number of ether oxygens (including phenoxy) is 1. The van der Waals surface area contributed by atoms with Crippen LogP contribution in [0.25, 0.3) is 6.08 Å². The fourth-order valence-electron chi connectivity index (χ4n) is 3.61. The second kappa shape index (κ2) is 11.0. The minimum atomic E-state index is -0.284. The number of para-hydroxylation sites is 2. The van der Waals surface area contributed by atoms with Gasteiger partial charge in [-0.2, -0.15) is 0 Å². The number of nitrogens with zero attached hydrogens (tertiary/aromatic N) is 1. The molecular weight excluding hydrogens is 414 g/mol. The van der Waals surface area contributed by atoms with Crippen molar-refractivity contribution in [1.82, 2.24) is 4.90 Å². The van der Waals surface area contributed by atoms with E-state index in [-0.39, 0.29) is 11.9 Å². The smallest absolute Gasteiger partial charge is 0.321 e. The Balaban J connectivity index is 1.35. The monoisotopic (exact) mass is 441 g/mol. The van der Waals surface area contributed by atoms with Gasteiger partial charge in [-0.1, -0.05) is 54.6 Å². The first-order chi connectivity index (χ1) is 16.2. The Morgan fingerprint density at radius 3 is 2.30 bits per heavy atom. The van der Waals surface area contributed by atoms with E-state index in [1.54, 1.807) is 23.1 Å². The second-order valence-electron chi connectivity index (χ2n) is 7.84. The summed E-state index contributed by atoms with van der Waals surface area (Å²) in [5.74, 6) is 0.449. The third-order valence-electron chi connectivity index (χ3n) is 5.35. The SMILES string of the molecule is O=C(C=Cc1cccc(OCc2ccccc2)c1)Nc1ccccc1NC(=O)N1CCCC1. The van der Waals surface area contributed by atoms with Gasteiger partial charge in [0.15, 0.2) is 0 Å². The molecule has 4 rings (SSSR count). The van der Waals surface area contributed by atoms with Gasteiger partial charge in [0.2, 0.25) is 5.91 Å². The summed E-state index contributed by atoms with van der Waals surface area (Å²) in [5.41, 5.74) is 3.08. The van der Waals surface area contributed by atoms with E-state index in [1.807, 2.05) is 66.7 Å². The van der Waals surface area contributed by atoms with E-state index in [9.17, 15) is 9.59 Å². The Morgan fingerprint density at radius 1 is 0.848 bits per heavy atom. The summed E-state index contributed by atoms with van der Waals surface area (Å²) in [5, 5.41) is 5.75. The van der Waals surface area contributed by atoms with Gasteiger partial charge < -0.3 is 20.3 Å². The maximum atomic E-state index is 12.5. The molecule has 0 atom stereocenters. The predicted molar refractivity (Wildman–Crippen MR) is 131 cm³/mol. The van der Waals surface area contributed by atoms with Crippen LogP contribution in [0.3, 0.4) is 0 Å². The van der Waals surface area contributed by atoms with Crippen molar-refractivity contribution in [2.45, 2.75) is 19.4 Å². The van der Waals surface area contributed by atoms with Gasteiger partial charge >= 0.3 is 6.03 Å². The first-order valence-electron chi connectivity index (χ1n) is 11.1. The van der Waals surface area contributed by atoms with Gasteiger partial charge in [-0.05, 0) is 54.3 Å². The maximum Gasteiger partial charge on any atom is 0.321 e. The van der Waals surface area contributed by atoms with E-state index < -0.39 is 0 Å². The molecule has 6 nitrogen and oxygen atoms in total. The summed E-state index contributed by atoms with van der Waals surface area (Å²) in [6.45, 7) is 2.00. The number of amides is 3. The van der Waals surface area contributed by atoms with Crippen LogP contribution in [-0.4, -0.2) is 29.9 Å². The average molecular weight is 442 g/mol. The quantitative estimate of drug-likeness (QED) is 0.473. The molecule has 1 aliphatic heterocycles. The molecule has 1 saturated heterocycles. The molecule has 0 saturated carbocycles. The van der Waals surface area contributed by atoms with Crippen molar-refractivity contribution < 1.29 is 14.3 Å².